The highest BCUT2D eigenvalue weighted by atomic mass is 32.1. The van der Waals surface area contributed by atoms with Crippen LogP contribution in [0.3, 0.4) is 0 Å². The third kappa shape index (κ3) is 5.07. The quantitative estimate of drug-likeness (QED) is 0.382. The van der Waals surface area contributed by atoms with Gasteiger partial charge in [-0.3, -0.25) is 9.69 Å². The van der Waals surface area contributed by atoms with Gasteiger partial charge in [0.25, 0.3) is 0 Å². The van der Waals surface area contributed by atoms with Crippen LogP contribution in [0.25, 0.3) is 21.5 Å². The predicted octanol–water partition coefficient (Wildman–Crippen LogP) is 5.89. The van der Waals surface area contributed by atoms with Crippen LogP contribution in [-0.2, 0) is 21.4 Å². The van der Waals surface area contributed by atoms with E-state index < -0.39 is 5.41 Å². The molecule has 41 heavy (non-hydrogen) atoms. The van der Waals surface area contributed by atoms with Crippen LogP contribution in [0.2, 0.25) is 0 Å². The zero-order valence-electron chi connectivity index (χ0n) is 25.3. The molecule has 6 nitrogen and oxygen atoms in total. The fourth-order valence-electron chi connectivity index (χ4n) is 8.16. The molecule has 1 unspecified atom stereocenters. The van der Waals surface area contributed by atoms with Crippen molar-refractivity contribution in [2.75, 3.05) is 45.9 Å². The smallest absolute Gasteiger partial charge is 0.233 e. The Balaban J connectivity index is 1.17. The number of carbonyl (C=O) groups excluding carboxylic acids is 1. The maximum atomic E-state index is 13.9. The molecule has 1 atom stereocenters. The lowest BCUT2D eigenvalue weighted by Gasteiger charge is -2.32. The number of nitrogens with one attached hydrogen (secondary N) is 1. The van der Waals surface area contributed by atoms with Crippen LogP contribution in [0.15, 0.2) is 24.3 Å². The summed E-state index contributed by atoms with van der Waals surface area (Å²) in [6, 6.07) is 10.8. The summed E-state index contributed by atoms with van der Waals surface area (Å²) in [5, 5.41) is 1.31. The summed E-state index contributed by atoms with van der Waals surface area (Å²) in [6.45, 7) is 15.9. The number of aromatic amines is 1. The SMILES string of the molecule is Cc1cc(C)cc(-c2[nH]c3sc(C(C)(C)C(=O)N4C5CCC4CC5)cc3c2CCN2CCC(N3CCOCC3)C2)c1. The number of benzene rings is 1. The Morgan fingerprint density at radius 3 is 2.32 bits per heavy atom. The Morgan fingerprint density at radius 2 is 1.63 bits per heavy atom. The van der Waals surface area contributed by atoms with Gasteiger partial charge in [0.05, 0.1) is 24.3 Å². The molecular formula is C34H46N4O2S. The number of hydrogen-bond acceptors (Lipinski definition) is 5. The van der Waals surface area contributed by atoms with E-state index >= 15 is 0 Å². The molecule has 4 aliphatic heterocycles. The topological polar surface area (TPSA) is 51.8 Å². The fraction of sp³-hybridized carbons (Fsp3) is 0.618. The Labute approximate surface area is 249 Å². The second-order valence-electron chi connectivity index (χ2n) is 13.6. The number of H-pyrrole nitrogens is 1. The van der Waals surface area contributed by atoms with Gasteiger partial charge in [-0.2, -0.15) is 0 Å². The van der Waals surface area contributed by atoms with E-state index in [9.17, 15) is 4.79 Å². The predicted molar refractivity (Wildman–Crippen MR) is 168 cm³/mol. The standard InChI is InChI=1S/C34H46N4O2S/c1-22-17-23(2)19-24(18-22)31-28(10-12-36-11-9-27(21-36)37-13-15-40-16-14-37)29-20-30(41-32(29)35-31)34(3,4)33(39)38-25-5-6-26(38)8-7-25/h17-20,25-27,35H,5-16,21H2,1-4H3. The van der Waals surface area contributed by atoms with Gasteiger partial charge in [0.1, 0.15) is 4.83 Å². The molecule has 0 spiro atoms. The van der Waals surface area contributed by atoms with Gasteiger partial charge >= 0.3 is 0 Å². The molecule has 220 valence electrons. The van der Waals surface area contributed by atoms with Crippen molar-refractivity contribution in [3.63, 3.8) is 0 Å². The molecule has 2 aromatic heterocycles. The maximum absolute atomic E-state index is 13.9. The van der Waals surface area contributed by atoms with Gasteiger partial charge in [0, 0.05) is 54.6 Å². The number of amides is 1. The van der Waals surface area contributed by atoms with Gasteiger partial charge in [-0.25, -0.2) is 0 Å². The first-order chi connectivity index (χ1) is 19.8. The van der Waals surface area contributed by atoms with E-state index in [4.69, 9.17) is 4.74 Å². The highest BCUT2D eigenvalue weighted by molar-refractivity contribution is 7.19. The van der Waals surface area contributed by atoms with E-state index in [1.165, 1.54) is 81.7 Å². The first-order valence-electron chi connectivity index (χ1n) is 15.9. The minimum absolute atomic E-state index is 0.328. The molecule has 1 amide bonds. The second-order valence-corrected chi connectivity index (χ2v) is 14.7. The van der Waals surface area contributed by atoms with Gasteiger partial charge in [0.2, 0.25) is 5.91 Å². The zero-order chi connectivity index (χ0) is 28.3. The largest absolute Gasteiger partial charge is 0.379 e. The highest BCUT2D eigenvalue weighted by Crippen LogP contribution is 2.44. The van der Waals surface area contributed by atoms with Crippen molar-refractivity contribution in [1.82, 2.24) is 19.7 Å². The first-order valence-corrected chi connectivity index (χ1v) is 16.7. The zero-order valence-corrected chi connectivity index (χ0v) is 26.1. The maximum Gasteiger partial charge on any atom is 0.233 e. The van der Waals surface area contributed by atoms with Crippen LogP contribution in [0.1, 0.15) is 67.5 Å². The monoisotopic (exact) mass is 574 g/mol. The van der Waals surface area contributed by atoms with Crippen LogP contribution in [0.4, 0.5) is 0 Å². The van der Waals surface area contributed by atoms with Crippen molar-refractivity contribution >= 4 is 27.5 Å². The summed E-state index contributed by atoms with van der Waals surface area (Å²) >= 11 is 1.79. The summed E-state index contributed by atoms with van der Waals surface area (Å²) in [4.78, 5) is 27.8. The third-order valence-electron chi connectivity index (χ3n) is 10.4. The second kappa shape index (κ2) is 10.8. The lowest BCUT2D eigenvalue weighted by atomic mass is 9.88. The molecule has 0 radical (unpaired) electrons. The van der Waals surface area contributed by atoms with Crippen LogP contribution in [0.5, 0.6) is 0 Å². The van der Waals surface area contributed by atoms with E-state index in [0.29, 0.717) is 24.0 Å². The molecule has 1 N–H and O–H groups in total. The average molecular weight is 575 g/mol. The van der Waals surface area contributed by atoms with E-state index in [2.05, 4.69) is 71.6 Å². The van der Waals surface area contributed by atoms with E-state index in [1.54, 1.807) is 11.3 Å². The number of ether oxygens (including phenoxy) is 1. The van der Waals surface area contributed by atoms with Crippen molar-refractivity contribution in [2.24, 2.45) is 0 Å². The Morgan fingerprint density at radius 1 is 0.951 bits per heavy atom. The van der Waals surface area contributed by atoms with Crippen molar-refractivity contribution in [3.05, 3.63) is 45.8 Å². The average Bonchev–Trinajstić information content (AvgIpc) is 3.78. The van der Waals surface area contributed by atoms with Crippen molar-refractivity contribution in [2.45, 2.75) is 89.8 Å². The molecule has 1 aromatic carbocycles. The van der Waals surface area contributed by atoms with Crippen LogP contribution in [0, 0.1) is 13.8 Å². The summed E-state index contributed by atoms with van der Waals surface area (Å²) in [5.74, 6) is 0.328. The van der Waals surface area contributed by atoms with Gasteiger partial charge in [-0.1, -0.05) is 17.2 Å². The molecule has 7 rings (SSSR count). The number of aryl methyl sites for hydroxylation is 2. The Kier molecular flexibility index (Phi) is 7.29. The van der Waals surface area contributed by atoms with E-state index in [1.807, 2.05) is 0 Å². The lowest BCUT2D eigenvalue weighted by molar-refractivity contribution is -0.137. The van der Waals surface area contributed by atoms with E-state index in [0.717, 1.165) is 45.8 Å². The molecule has 0 aliphatic carbocycles. The molecule has 3 aromatic rings. The van der Waals surface area contributed by atoms with Crippen molar-refractivity contribution < 1.29 is 9.53 Å². The molecule has 4 aliphatic rings. The molecule has 6 heterocycles. The molecular weight excluding hydrogens is 528 g/mol. The number of aromatic nitrogens is 1. The minimum Gasteiger partial charge on any atom is -0.379 e. The summed E-state index contributed by atoms with van der Waals surface area (Å²) in [7, 11) is 0. The van der Waals surface area contributed by atoms with Crippen molar-refractivity contribution in [3.8, 4) is 11.3 Å². The Hall–Kier alpha value is -2.19. The number of rotatable bonds is 7. The van der Waals surface area contributed by atoms with Crippen LogP contribution in [-0.4, -0.2) is 89.7 Å². The minimum atomic E-state index is -0.507. The number of thiophene rings is 1. The molecule has 4 saturated heterocycles. The molecule has 4 fully saturated rings. The normalized spacial score (nSPS) is 25.7. The number of hydrogen-bond donors (Lipinski definition) is 1. The van der Waals surface area contributed by atoms with Gasteiger partial charge in [-0.15, -0.1) is 11.3 Å². The summed E-state index contributed by atoms with van der Waals surface area (Å²) < 4.78 is 5.60. The number of nitrogens with zero attached hydrogens (tertiary/aromatic N) is 3. The molecule has 0 saturated carbocycles. The van der Waals surface area contributed by atoms with Gasteiger partial charge < -0.3 is 19.5 Å². The van der Waals surface area contributed by atoms with Crippen molar-refractivity contribution in [1.29, 1.82) is 0 Å². The van der Waals surface area contributed by atoms with Gasteiger partial charge in [0.15, 0.2) is 0 Å². The van der Waals surface area contributed by atoms with Crippen LogP contribution < -0.4 is 0 Å². The summed E-state index contributed by atoms with van der Waals surface area (Å²) in [6.07, 6.45) is 7.00. The van der Waals surface area contributed by atoms with Gasteiger partial charge in [-0.05, 0) is 102 Å². The first kappa shape index (κ1) is 27.6. The number of morpholine rings is 1. The Bertz CT molecular complexity index is 1390. The lowest BCUT2D eigenvalue weighted by Crippen LogP contribution is -2.45. The highest BCUT2D eigenvalue weighted by Gasteiger charge is 2.47. The van der Waals surface area contributed by atoms with Crippen LogP contribution >= 0.6 is 11.3 Å². The number of fused-ring (bicyclic) bond motifs is 3. The summed E-state index contributed by atoms with van der Waals surface area (Å²) in [5.41, 5.74) is 6.03. The third-order valence-corrected chi connectivity index (χ3v) is 11.8. The number of carbonyl (C=O) groups is 1. The number of likely N-dealkylation sites (tertiary alicyclic amines) is 1. The molecule has 2 bridgehead atoms. The fourth-order valence-corrected chi connectivity index (χ4v) is 9.35. The molecule has 7 heteroatoms. The van der Waals surface area contributed by atoms with E-state index in [-0.39, 0.29) is 0 Å².